The van der Waals surface area contributed by atoms with Crippen LogP contribution in [-0.2, 0) is 4.79 Å². The van der Waals surface area contributed by atoms with Gasteiger partial charge in [0.05, 0.1) is 30.7 Å². The number of fused-ring (bicyclic) bond motifs is 1. The molecule has 0 bridgehead atoms. The van der Waals surface area contributed by atoms with Gasteiger partial charge in [-0.1, -0.05) is 0 Å². The second-order valence-electron chi connectivity index (χ2n) is 3.09. The van der Waals surface area contributed by atoms with Gasteiger partial charge in [0.15, 0.2) is 0 Å². The van der Waals surface area contributed by atoms with Crippen LogP contribution in [0.3, 0.4) is 0 Å². The van der Waals surface area contributed by atoms with E-state index in [9.17, 15) is 4.79 Å². The molecule has 1 amide bonds. The molecule has 0 fully saturated rings. The first kappa shape index (κ1) is 8.96. The first-order chi connectivity index (χ1) is 6.81. The van der Waals surface area contributed by atoms with Crippen LogP contribution in [0.15, 0.2) is 18.5 Å². The van der Waals surface area contributed by atoms with Crippen molar-refractivity contribution in [2.45, 2.75) is 0 Å². The monoisotopic (exact) mass is 193 g/mol. The molecular formula is C9H11N3O2. The fourth-order valence-corrected chi connectivity index (χ4v) is 1.53. The smallest absolute Gasteiger partial charge is 0.243 e. The van der Waals surface area contributed by atoms with E-state index in [0.717, 1.165) is 5.69 Å². The van der Waals surface area contributed by atoms with Crippen LogP contribution in [0.1, 0.15) is 0 Å². The molecule has 0 aliphatic carbocycles. The summed E-state index contributed by atoms with van der Waals surface area (Å²) in [6.07, 6.45) is 3.28. The first-order valence-corrected chi connectivity index (χ1v) is 4.41. The fourth-order valence-electron chi connectivity index (χ4n) is 1.53. The molecule has 0 spiro atoms. The van der Waals surface area contributed by atoms with Crippen molar-refractivity contribution in [1.29, 1.82) is 0 Å². The molecule has 1 aliphatic rings. The molecule has 0 atom stereocenters. The molecule has 0 aromatic carbocycles. The third-order valence-corrected chi connectivity index (χ3v) is 2.12. The molecule has 74 valence electrons. The summed E-state index contributed by atoms with van der Waals surface area (Å²) in [5.41, 5.74) is 1.62. The summed E-state index contributed by atoms with van der Waals surface area (Å²) in [5.74, 6) is -0.0704. The number of aliphatic hydroxyl groups is 1. The highest BCUT2D eigenvalue weighted by Crippen LogP contribution is 2.27. The van der Waals surface area contributed by atoms with Gasteiger partial charge in [0.1, 0.15) is 0 Å². The summed E-state index contributed by atoms with van der Waals surface area (Å²) < 4.78 is 0. The molecule has 1 aromatic heterocycles. The minimum Gasteiger partial charge on any atom is -0.395 e. The zero-order valence-corrected chi connectivity index (χ0v) is 7.60. The van der Waals surface area contributed by atoms with Gasteiger partial charge in [-0.3, -0.25) is 9.78 Å². The Bertz CT molecular complexity index is 354. The van der Waals surface area contributed by atoms with E-state index in [1.165, 1.54) is 0 Å². The third-order valence-electron chi connectivity index (χ3n) is 2.12. The highest BCUT2D eigenvalue weighted by atomic mass is 16.3. The Hall–Kier alpha value is -1.62. The second-order valence-corrected chi connectivity index (χ2v) is 3.09. The number of nitrogens with zero attached hydrogens (tertiary/aromatic N) is 2. The zero-order valence-electron chi connectivity index (χ0n) is 7.60. The number of anilines is 2. The summed E-state index contributed by atoms with van der Waals surface area (Å²) in [7, 11) is 0. The zero-order chi connectivity index (χ0) is 9.97. The quantitative estimate of drug-likeness (QED) is 0.684. The molecule has 1 aromatic rings. The molecule has 2 heterocycles. The van der Waals surface area contributed by atoms with Gasteiger partial charge >= 0.3 is 0 Å². The number of hydrogen-bond acceptors (Lipinski definition) is 4. The molecule has 14 heavy (non-hydrogen) atoms. The van der Waals surface area contributed by atoms with Crippen LogP contribution in [0, 0.1) is 0 Å². The molecule has 2 N–H and O–H groups in total. The van der Waals surface area contributed by atoms with Crippen LogP contribution < -0.4 is 10.2 Å². The first-order valence-electron chi connectivity index (χ1n) is 4.41. The molecule has 0 saturated carbocycles. The average molecular weight is 193 g/mol. The van der Waals surface area contributed by atoms with Crippen LogP contribution in [-0.4, -0.2) is 35.7 Å². The Labute approximate surface area is 81.4 Å². The Kier molecular flexibility index (Phi) is 2.32. The maximum absolute atomic E-state index is 11.2. The van der Waals surface area contributed by atoms with Crippen molar-refractivity contribution in [3.05, 3.63) is 18.5 Å². The Balaban J connectivity index is 2.33. The molecular weight excluding hydrogens is 182 g/mol. The summed E-state index contributed by atoms with van der Waals surface area (Å²) in [6, 6.07) is 1.82. The van der Waals surface area contributed by atoms with E-state index in [-0.39, 0.29) is 19.1 Å². The van der Waals surface area contributed by atoms with Gasteiger partial charge in [-0.2, -0.15) is 0 Å². The molecule has 5 heteroatoms. The highest BCUT2D eigenvalue weighted by molar-refractivity contribution is 6.00. The van der Waals surface area contributed by atoms with E-state index in [1.807, 2.05) is 11.0 Å². The van der Waals surface area contributed by atoms with E-state index in [2.05, 4.69) is 10.3 Å². The topological polar surface area (TPSA) is 65.5 Å². The van der Waals surface area contributed by atoms with Crippen LogP contribution >= 0.6 is 0 Å². The lowest BCUT2D eigenvalue weighted by atomic mass is 10.2. The van der Waals surface area contributed by atoms with E-state index in [1.54, 1.807) is 12.4 Å². The number of nitrogens with one attached hydrogen (secondary N) is 1. The summed E-state index contributed by atoms with van der Waals surface area (Å²) in [6.45, 7) is 0.789. The van der Waals surface area contributed by atoms with Crippen molar-refractivity contribution in [2.24, 2.45) is 0 Å². The molecule has 2 rings (SSSR count). The lowest BCUT2D eigenvalue weighted by molar-refractivity contribution is -0.115. The number of carbonyl (C=O) groups excluding carboxylic acids is 1. The van der Waals surface area contributed by atoms with Crippen LogP contribution in [0.5, 0.6) is 0 Å². The summed E-state index contributed by atoms with van der Waals surface area (Å²) >= 11 is 0. The standard InChI is InChI=1S/C9H11N3O2/c13-4-3-12-6-9(14)11-7-5-10-2-1-8(7)12/h1-2,5,13H,3-4,6H2,(H,11,14). The Morgan fingerprint density at radius 3 is 3.29 bits per heavy atom. The largest absolute Gasteiger partial charge is 0.395 e. The number of hydrogen-bond donors (Lipinski definition) is 2. The Morgan fingerprint density at radius 2 is 2.50 bits per heavy atom. The lowest BCUT2D eigenvalue weighted by Crippen LogP contribution is -2.39. The fraction of sp³-hybridized carbons (Fsp3) is 0.333. The average Bonchev–Trinajstić information content (AvgIpc) is 2.18. The van der Waals surface area contributed by atoms with Gasteiger partial charge in [-0.15, -0.1) is 0 Å². The number of rotatable bonds is 2. The predicted octanol–water partition coefficient (Wildman–Crippen LogP) is -0.168. The van der Waals surface area contributed by atoms with E-state index >= 15 is 0 Å². The maximum atomic E-state index is 11.2. The maximum Gasteiger partial charge on any atom is 0.243 e. The van der Waals surface area contributed by atoms with Gasteiger partial charge in [0, 0.05) is 12.7 Å². The van der Waals surface area contributed by atoms with Crippen LogP contribution in [0.2, 0.25) is 0 Å². The SMILES string of the molecule is O=C1CN(CCO)c2ccncc2N1. The van der Waals surface area contributed by atoms with Crippen LogP contribution in [0.4, 0.5) is 11.4 Å². The lowest BCUT2D eigenvalue weighted by Gasteiger charge is -2.29. The van der Waals surface area contributed by atoms with E-state index in [4.69, 9.17) is 5.11 Å². The van der Waals surface area contributed by atoms with Crippen molar-refractivity contribution in [1.82, 2.24) is 4.98 Å². The minimum absolute atomic E-state index is 0.0367. The third kappa shape index (κ3) is 1.54. The molecule has 0 radical (unpaired) electrons. The van der Waals surface area contributed by atoms with Gasteiger partial charge in [0.25, 0.3) is 0 Å². The minimum atomic E-state index is -0.0704. The van der Waals surface area contributed by atoms with Gasteiger partial charge in [-0.05, 0) is 6.07 Å². The highest BCUT2D eigenvalue weighted by Gasteiger charge is 2.20. The van der Waals surface area contributed by atoms with Crippen molar-refractivity contribution >= 4 is 17.3 Å². The summed E-state index contributed by atoms with van der Waals surface area (Å²) in [5, 5.41) is 11.6. The van der Waals surface area contributed by atoms with Gasteiger partial charge < -0.3 is 15.3 Å². The summed E-state index contributed by atoms with van der Waals surface area (Å²) in [4.78, 5) is 17.0. The number of pyridine rings is 1. The number of β-amino-alcohol motifs (C(OH)–C–C–N with tert-alkyl or cyclic N) is 1. The second kappa shape index (κ2) is 3.63. The van der Waals surface area contributed by atoms with Crippen molar-refractivity contribution < 1.29 is 9.90 Å². The van der Waals surface area contributed by atoms with Gasteiger partial charge in [0.2, 0.25) is 5.91 Å². The predicted molar refractivity (Wildman–Crippen MR) is 52.2 cm³/mol. The van der Waals surface area contributed by atoms with Crippen molar-refractivity contribution in [3.63, 3.8) is 0 Å². The van der Waals surface area contributed by atoms with E-state index < -0.39 is 0 Å². The van der Waals surface area contributed by atoms with E-state index in [0.29, 0.717) is 12.2 Å². The normalized spacial score (nSPS) is 14.9. The van der Waals surface area contributed by atoms with Gasteiger partial charge in [-0.25, -0.2) is 0 Å². The number of aliphatic hydroxyl groups excluding tert-OH is 1. The van der Waals surface area contributed by atoms with Crippen molar-refractivity contribution in [3.8, 4) is 0 Å². The molecule has 5 nitrogen and oxygen atoms in total. The molecule has 0 unspecified atom stereocenters. The van der Waals surface area contributed by atoms with Crippen LogP contribution in [0.25, 0.3) is 0 Å². The Morgan fingerprint density at radius 1 is 1.64 bits per heavy atom. The number of amides is 1. The number of carbonyl (C=O) groups is 1. The molecule has 0 saturated heterocycles. The van der Waals surface area contributed by atoms with Crippen molar-refractivity contribution in [2.75, 3.05) is 29.9 Å². The number of aromatic nitrogens is 1. The molecule has 1 aliphatic heterocycles.